The van der Waals surface area contributed by atoms with Crippen LogP contribution in [0.2, 0.25) is 0 Å². The molecule has 0 atom stereocenters. The van der Waals surface area contributed by atoms with E-state index in [9.17, 15) is 21.6 Å². The van der Waals surface area contributed by atoms with Crippen molar-refractivity contribution in [2.24, 2.45) is 19.6 Å². The van der Waals surface area contributed by atoms with E-state index in [0.29, 0.717) is 18.7 Å². The lowest BCUT2D eigenvalue weighted by Crippen LogP contribution is -2.31. The summed E-state index contributed by atoms with van der Waals surface area (Å²) in [4.78, 5) is 6.79. The van der Waals surface area contributed by atoms with Gasteiger partial charge >= 0.3 is 15.5 Å². The first-order valence-electron chi connectivity index (χ1n) is 8.69. The first-order chi connectivity index (χ1) is 14.5. The molecule has 2 aliphatic heterocycles. The van der Waals surface area contributed by atoms with Crippen LogP contribution in [0, 0.1) is 11.3 Å². The standard InChI is InChI=1S/C17H14F3N8O2S/c1-27-5-3-4-10-6-11(12(7-14(10)27)26-31(29,30)17(18,19)20)24-25-16-23-13(8-21)15(9-22)28(16)2/h6-7H,3-5H2,1-2H3/q-1/b24-11+,25-16-,26-12+. The number of likely N-dealkylation sites (tertiary alicyclic amines) is 1. The van der Waals surface area contributed by atoms with Crippen molar-refractivity contribution in [2.45, 2.75) is 18.3 Å². The summed E-state index contributed by atoms with van der Waals surface area (Å²) in [5, 5.41) is 25.8. The second-order valence-electron chi connectivity index (χ2n) is 6.60. The van der Waals surface area contributed by atoms with Crippen molar-refractivity contribution in [3.63, 3.8) is 0 Å². The molecule has 14 heteroatoms. The Morgan fingerprint density at radius 1 is 1.23 bits per heavy atom. The maximum absolute atomic E-state index is 12.9. The van der Waals surface area contributed by atoms with Gasteiger partial charge in [0.2, 0.25) is 0 Å². The number of rotatable bonds is 2. The summed E-state index contributed by atoms with van der Waals surface area (Å²) in [6, 6.07) is 1.73. The average Bonchev–Trinajstić information content (AvgIpc) is 3.00. The Bertz CT molecular complexity index is 1210. The Morgan fingerprint density at radius 2 is 1.94 bits per heavy atom. The molecule has 1 saturated heterocycles. The van der Waals surface area contributed by atoms with Crippen LogP contribution in [0.3, 0.4) is 0 Å². The maximum atomic E-state index is 12.9. The Labute approximate surface area is 175 Å². The molecule has 0 spiro atoms. The van der Waals surface area contributed by atoms with E-state index < -0.39 is 21.2 Å². The molecule has 0 radical (unpaired) electrons. The molecule has 3 aliphatic rings. The highest BCUT2D eigenvalue weighted by Crippen LogP contribution is 2.30. The zero-order chi connectivity index (χ0) is 23.0. The predicted octanol–water partition coefficient (Wildman–Crippen LogP) is 1.57. The van der Waals surface area contributed by atoms with E-state index in [4.69, 9.17) is 10.7 Å². The van der Waals surface area contributed by atoms with E-state index >= 15 is 0 Å². The minimum Gasteiger partial charge on any atom is -0.761 e. The number of sulfonamides is 1. The van der Waals surface area contributed by atoms with Crippen LogP contribution >= 0.6 is 0 Å². The molecule has 0 N–H and O–H groups in total. The van der Waals surface area contributed by atoms with Crippen LogP contribution in [-0.4, -0.2) is 73.3 Å². The van der Waals surface area contributed by atoms with Crippen molar-refractivity contribution in [1.82, 2.24) is 9.80 Å². The van der Waals surface area contributed by atoms with E-state index in [1.54, 1.807) is 23.9 Å². The van der Waals surface area contributed by atoms with Gasteiger partial charge in [0.25, 0.3) is 5.96 Å². The molecule has 0 aromatic rings. The number of allylic oxidation sites excluding steroid dienone is 4. The smallest absolute Gasteiger partial charge is 0.518 e. The monoisotopic (exact) mass is 451 g/mol. The maximum Gasteiger partial charge on any atom is 0.518 e. The van der Waals surface area contributed by atoms with Crippen LogP contribution in [0.15, 0.2) is 48.7 Å². The summed E-state index contributed by atoms with van der Waals surface area (Å²) < 4.78 is 64.8. The van der Waals surface area contributed by atoms with Crippen LogP contribution in [0.4, 0.5) is 13.2 Å². The molecule has 0 saturated carbocycles. The van der Waals surface area contributed by atoms with Crippen LogP contribution in [0.25, 0.3) is 5.41 Å². The van der Waals surface area contributed by atoms with E-state index in [1.165, 1.54) is 24.1 Å². The van der Waals surface area contributed by atoms with Crippen molar-refractivity contribution < 1.29 is 21.6 Å². The van der Waals surface area contributed by atoms with Crippen LogP contribution in [-0.2, 0) is 10.0 Å². The van der Waals surface area contributed by atoms with Crippen molar-refractivity contribution >= 4 is 39.0 Å². The van der Waals surface area contributed by atoms with Crippen molar-refractivity contribution in [1.29, 1.82) is 5.26 Å². The highest BCUT2D eigenvalue weighted by molar-refractivity contribution is 7.91. The summed E-state index contributed by atoms with van der Waals surface area (Å²) in [6.07, 6.45) is 4.02. The normalized spacial score (nSPS) is 23.4. The summed E-state index contributed by atoms with van der Waals surface area (Å²) >= 11 is 0. The first kappa shape index (κ1) is 22.1. The number of hydrogen-bond acceptors (Lipinski definition) is 6. The number of nitrogens with zero attached hydrogens (tertiary/aromatic N) is 8. The molecule has 1 aliphatic carbocycles. The second kappa shape index (κ2) is 7.93. The van der Waals surface area contributed by atoms with Gasteiger partial charge < -0.3 is 15.2 Å². The molecule has 0 amide bonds. The average molecular weight is 451 g/mol. The summed E-state index contributed by atoms with van der Waals surface area (Å²) in [6.45, 7) is 0.639. The minimum atomic E-state index is -5.82. The minimum absolute atomic E-state index is 0.0759. The summed E-state index contributed by atoms with van der Waals surface area (Å²) in [5.41, 5.74) is -5.33. The van der Waals surface area contributed by atoms with E-state index in [2.05, 4.69) is 19.6 Å². The van der Waals surface area contributed by atoms with Gasteiger partial charge in [-0.25, -0.2) is 5.87 Å². The number of likely N-dealkylation sites (N-methyl/N-ethyl adjacent to an activating group) is 1. The number of hydrogen-bond donors (Lipinski definition) is 0. The molecule has 0 aromatic carbocycles. The zero-order valence-corrected chi connectivity index (χ0v) is 17.0. The van der Waals surface area contributed by atoms with Crippen molar-refractivity contribution in [3.8, 4) is 6.07 Å². The molecule has 1 fully saturated rings. The zero-order valence-electron chi connectivity index (χ0n) is 16.2. The number of halogens is 3. The highest BCUT2D eigenvalue weighted by atomic mass is 32.2. The molecular weight excluding hydrogens is 437 g/mol. The van der Waals surface area contributed by atoms with E-state index in [0.717, 1.165) is 12.0 Å². The van der Waals surface area contributed by atoms with Crippen molar-refractivity contribution in [2.75, 3.05) is 20.6 Å². The van der Waals surface area contributed by atoms with Crippen LogP contribution < -0.4 is 0 Å². The van der Waals surface area contributed by atoms with Gasteiger partial charge in [-0.3, -0.25) is 0 Å². The molecule has 0 aromatic heterocycles. The van der Waals surface area contributed by atoms with Crippen molar-refractivity contribution in [3.05, 3.63) is 34.5 Å². The Hall–Kier alpha value is -3.56. The van der Waals surface area contributed by atoms with Gasteiger partial charge in [-0.05, 0) is 30.6 Å². The third-order valence-corrected chi connectivity index (χ3v) is 5.59. The van der Waals surface area contributed by atoms with E-state index in [1.807, 2.05) is 0 Å². The first-order valence-corrected chi connectivity index (χ1v) is 10.1. The van der Waals surface area contributed by atoms with Gasteiger partial charge in [0.05, 0.1) is 0 Å². The third-order valence-electron chi connectivity index (χ3n) is 4.57. The SMILES string of the molecule is CN1CCCC2=CC(=N\N=C3\N=C(C#N)C(=C=[N-])N3C)/C(=N/S(=O)(=O)C(F)(F)F)C=C21. The summed E-state index contributed by atoms with van der Waals surface area (Å²) in [7, 11) is -2.69. The molecule has 0 bridgehead atoms. The third kappa shape index (κ3) is 4.18. The second-order valence-corrected chi connectivity index (χ2v) is 8.19. The van der Waals surface area contributed by atoms with Gasteiger partial charge in [-0.2, -0.15) is 36.2 Å². The lowest BCUT2D eigenvalue weighted by Gasteiger charge is -2.32. The van der Waals surface area contributed by atoms with Crippen LogP contribution in [0.1, 0.15) is 12.8 Å². The van der Waals surface area contributed by atoms with Gasteiger partial charge in [-0.15, -0.1) is 10.2 Å². The Morgan fingerprint density at radius 3 is 2.52 bits per heavy atom. The Kier molecular flexibility index (Phi) is 5.66. The molecule has 31 heavy (non-hydrogen) atoms. The number of aliphatic imine (C=N–C) groups is 1. The molecule has 2 heterocycles. The molecule has 3 rings (SSSR count). The molecule has 162 valence electrons. The van der Waals surface area contributed by atoms with Gasteiger partial charge in [-0.1, -0.05) is 0 Å². The number of fused-ring (bicyclic) bond motifs is 1. The quantitative estimate of drug-likeness (QED) is 0.357. The number of nitriles is 1. The molecule has 10 nitrogen and oxygen atoms in total. The van der Waals surface area contributed by atoms with Crippen LogP contribution in [0.5, 0.6) is 0 Å². The van der Waals surface area contributed by atoms with Gasteiger partial charge in [0.15, 0.2) is 5.71 Å². The summed E-state index contributed by atoms with van der Waals surface area (Å²) in [5.74, 6) is 1.63. The Balaban J connectivity index is 2.13. The fourth-order valence-electron chi connectivity index (χ4n) is 3.01. The van der Waals surface area contributed by atoms with Gasteiger partial charge in [0, 0.05) is 26.3 Å². The lowest BCUT2D eigenvalue weighted by atomic mass is 9.93. The fourth-order valence-corrected chi connectivity index (χ4v) is 3.52. The molecule has 0 unspecified atom stereocenters. The number of piperidine rings is 1. The number of alkyl halides is 3. The lowest BCUT2D eigenvalue weighted by molar-refractivity contribution is -0.0435. The van der Waals surface area contributed by atoms with E-state index in [-0.39, 0.29) is 23.1 Å². The predicted molar refractivity (Wildman–Crippen MR) is 108 cm³/mol. The number of guanidine groups is 1. The molecular formula is C17H14F3N8O2S-. The highest BCUT2D eigenvalue weighted by Gasteiger charge is 2.46. The topological polar surface area (TPSA) is 136 Å². The van der Waals surface area contributed by atoms with Gasteiger partial charge in [0.1, 0.15) is 23.2 Å². The largest absolute Gasteiger partial charge is 0.761 e. The fraction of sp³-hybridized carbons (Fsp3) is 0.353.